The van der Waals surface area contributed by atoms with Crippen molar-refractivity contribution in [2.45, 2.75) is 45.2 Å². The van der Waals surface area contributed by atoms with Gasteiger partial charge in [-0.05, 0) is 12.8 Å². The highest BCUT2D eigenvalue weighted by Crippen LogP contribution is 2.47. The molecule has 0 saturated heterocycles. The van der Waals surface area contributed by atoms with E-state index in [2.05, 4.69) is 13.8 Å². The number of hydrogen-bond donors (Lipinski definition) is 0. The number of benzene rings is 2. The highest BCUT2D eigenvalue weighted by Gasteiger charge is 2.43. The minimum absolute atomic E-state index is 0.209. The molecule has 4 heteroatoms. The van der Waals surface area contributed by atoms with Gasteiger partial charge in [-0.3, -0.25) is 0 Å². The van der Waals surface area contributed by atoms with Gasteiger partial charge in [0.1, 0.15) is 0 Å². The van der Waals surface area contributed by atoms with Crippen LogP contribution in [-0.2, 0) is 4.57 Å². The van der Waals surface area contributed by atoms with Crippen molar-refractivity contribution >= 4 is 13.4 Å². The van der Waals surface area contributed by atoms with E-state index >= 15 is 0 Å². The highest BCUT2D eigenvalue weighted by atomic mass is 31.1. The number of carbonyl (C=O) groups is 1. The van der Waals surface area contributed by atoms with Gasteiger partial charge in [0.05, 0.1) is 0 Å². The summed E-state index contributed by atoms with van der Waals surface area (Å²) in [5.74, 6) is 0. The van der Waals surface area contributed by atoms with Gasteiger partial charge in [0.15, 0.2) is 0 Å². The molecule has 138 valence electrons. The zero-order chi connectivity index (χ0) is 18.8. The number of carbonyl (C=O) groups excluding carboxylic acids is 1. The summed E-state index contributed by atoms with van der Waals surface area (Å²) in [6.07, 6.45) is 3.93. The molecule has 0 saturated carbocycles. The number of amides is 1. The van der Waals surface area contributed by atoms with Crippen molar-refractivity contribution in [2.75, 3.05) is 13.1 Å². The fourth-order valence-electron chi connectivity index (χ4n) is 2.98. The van der Waals surface area contributed by atoms with Gasteiger partial charge >= 0.3 is 13.4 Å². The number of nitrogens with zero attached hydrogens (tertiary/aromatic N) is 1. The smallest absolute Gasteiger partial charge is 0.300 e. The molecule has 1 amide bonds. The van der Waals surface area contributed by atoms with Gasteiger partial charge in [-0.25, -0.2) is 4.79 Å². The van der Waals surface area contributed by atoms with Crippen molar-refractivity contribution in [3.05, 3.63) is 71.8 Å². The monoisotopic (exact) mass is 370 g/mol. The lowest BCUT2D eigenvalue weighted by atomic mass is 10.0. The van der Waals surface area contributed by atoms with E-state index in [4.69, 9.17) is 0 Å². The third kappa shape index (κ3) is 5.51. The molecular formula is C22H29NO2P+. The summed E-state index contributed by atoms with van der Waals surface area (Å²) in [7, 11) is -2.09. The van der Waals surface area contributed by atoms with Crippen molar-refractivity contribution in [1.82, 2.24) is 4.90 Å². The lowest BCUT2D eigenvalue weighted by Gasteiger charge is -2.18. The van der Waals surface area contributed by atoms with Gasteiger partial charge in [0.2, 0.25) is 5.66 Å². The fourth-order valence-corrected chi connectivity index (χ4v) is 4.57. The first-order valence-electron chi connectivity index (χ1n) is 9.54. The second kappa shape index (κ2) is 10.9. The van der Waals surface area contributed by atoms with Crippen LogP contribution in [0.3, 0.4) is 0 Å². The Hall–Kier alpha value is -1.99. The number of hydrogen-bond acceptors (Lipinski definition) is 2. The van der Waals surface area contributed by atoms with E-state index in [0.717, 1.165) is 36.8 Å². The van der Waals surface area contributed by atoms with Crippen LogP contribution in [0.1, 0.15) is 56.3 Å². The molecule has 1 unspecified atom stereocenters. The quantitative estimate of drug-likeness (QED) is 0.440. The van der Waals surface area contributed by atoms with E-state index in [1.165, 1.54) is 0 Å². The molecule has 0 aliphatic carbocycles. The lowest BCUT2D eigenvalue weighted by molar-refractivity contribution is 0.219. The number of rotatable bonds is 10. The van der Waals surface area contributed by atoms with Gasteiger partial charge in [0.25, 0.3) is 0 Å². The topological polar surface area (TPSA) is 37.4 Å². The summed E-state index contributed by atoms with van der Waals surface area (Å²) >= 11 is 0. The molecule has 0 aliphatic rings. The van der Waals surface area contributed by atoms with Crippen LogP contribution in [0.25, 0.3) is 0 Å². The Bertz CT molecular complexity index is 640. The average Bonchev–Trinajstić information content (AvgIpc) is 2.69. The Kier molecular flexibility index (Phi) is 8.50. The fraction of sp³-hybridized carbons (Fsp3) is 0.409. The standard InChI is InChI=1S/C22H29NO2P/c1-3-5-17-23(18-6-4-2)22(24)26(25)21(19-13-9-7-10-14-19)20-15-11-8-12-16-20/h7-16,21H,3-6,17-18H2,1-2H3/q+1. The summed E-state index contributed by atoms with van der Waals surface area (Å²) in [5, 5.41) is 0. The molecule has 0 bridgehead atoms. The summed E-state index contributed by atoms with van der Waals surface area (Å²) in [6, 6.07) is 19.5. The van der Waals surface area contributed by atoms with Crippen LogP contribution in [0, 0.1) is 0 Å². The first kappa shape index (κ1) is 20.3. The zero-order valence-corrected chi connectivity index (χ0v) is 16.7. The molecule has 0 radical (unpaired) electrons. The Morgan fingerprint density at radius 1 is 0.846 bits per heavy atom. The molecular weight excluding hydrogens is 341 g/mol. The Balaban J connectivity index is 2.31. The lowest BCUT2D eigenvalue weighted by Crippen LogP contribution is -2.30. The molecule has 0 heterocycles. The second-order valence-electron chi connectivity index (χ2n) is 6.53. The third-order valence-electron chi connectivity index (χ3n) is 4.49. The summed E-state index contributed by atoms with van der Waals surface area (Å²) in [4.78, 5) is 14.9. The predicted molar refractivity (Wildman–Crippen MR) is 109 cm³/mol. The van der Waals surface area contributed by atoms with E-state index in [9.17, 15) is 9.36 Å². The van der Waals surface area contributed by atoms with Crippen LogP contribution in [0.5, 0.6) is 0 Å². The van der Waals surface area contributed by atoms with Crippen molar-refractivity contribution in [3.63, 3.8) is 0 Å². The summed E-state index contributed by atoms with van der Waals surface area (Å²) < 4.78 is 13.4. The van der Waals surface area contributed by atoms with Crippen molar-refractivity contribution in [2.24, 2.45) is 0 Å². The molecule has 1 atom stereocenters. The first-order chi connectivity index (χ1) is 12.7. The maximum Gasteiger partial charge on any atom is 0.463 e. The van der Waals surface area contributed by atoms with Gasteiger partial charge in [0, 0.05) is 24.2 Å². The van der Waals surface area contributed by atoms with Gasteiger partial charge in [-0.15, -0.1) is 0 Å². The third-order valence-corrected chi connectivity index (χ3v) is 6.21. The summed E-state index contributed by atoms with van der Waals surface area (Å²) in [6.45, 7) is 5.60. The minimum Gasteiger partial charge on any atom is -0.300 e. The molecule has 26 heavy (non-hydrogen) atoms. The van der Waals surface area contributed by atoms with Gasteiger partial charge in [-0.1, -0.05) is 91.9 Å². The van der Waals surface area contributed by atoms with Crippen LogP contribution in [0.4, 0.5) is 4.79 Å². The van der Waals surface area contributed by atoms with Gasteiger partial charge in [-0.2, -0.15) is 0 Å². The molecule has 0 aromatic heterocycles. The second-order valence-corrected chi connectivity index (χ2v) is 8.08. The molecule has 2 rings (SSSR count). The van der Waals surface area contributed by atoms with Crippen molar-refractivity contribution < 1.29 is 9.36 Å². The Morgan fingerprint density at radius 2 is 1.27 bits per heavy atom. The molecule has 3 nitrogen and oxygen atoms in total. The van der Waals surface area contributed by atoms with E-state index in [0.29, 0.717) is 13.1 Å². The average molecular weight is 370 g/mol. The molecule has 0 fully saturated rings. The normalized spacial score (nSPS) is 11.4. The molecule has 0 N–H and O–H groups in total. The zero-order valence-electron chi connectivity index (χ0n) is 15.8. The SMILES string of the molecule is CCCCN(CCCC)C(=O)[P+](=O)C(c1ccccc1)c1ccccc1. The molecule has 2 aromatic rings. The first-order valence-corrected chi connectivity index (χ1v) is 10.9. The predicted octanol–water partition coefficient (Wildman–Crippen LogP) is 6.63. The van der Waals surface area contributed by atoms with Crippen LogP contribution < -0.4 is 0 Å². The van der Waals surface area contributed by atoms with E-state index in [-0.39, 0.29) is 5.65 Å². The molecule has 0 spiro atoms. The van der Waals surface area contributed by atoms with Crippen molar-refractivity contribution in [3.8, 4) is 0 Å². The molecule has 0 aliphatic heterocycles. The maximum atomic E-state index is 13.4. The largest absolute Gasteiger partial charge is 0.463 e. The summed E-state index contributed by atoms with van der Waals surface area (Å²) in [5.41, 5.74) is 1.25. The van der Waals surface area contributed by atoms with Crippen LogP contribution >= 0.6 is 7.80 Å². The van der Waals surface area contributed by atoms with Crippen LogP contribution in [0.2, 0.25) is 0 Å². The Labute approximate surface area is 158 Å². The minimum atomic E-state index is -2.09. The number of unbranched alkanes of at least 4 members (excludes halogenated alkanes) is 2. The van der Waals surface area contributed by atoms with E-state index < -0.39 is 13.5 Å². The van der Waals surface area contributed by atoms with E-state index in [1.807, 2.05) is 65.6 Å². The van der Waals surface area contributed by atoms with E-state index in [1.54, 1.807) is 0 Å². The van der Waals surface area contributed by atoms with Crippen LogP contribution in [0.15, 0.2) is 60.7 Å². The maximum absolute atomic E-state index is 13.4. The van der Waals surface area contributed by atoms with Crippen molar-refractivity contribution in [1.29, 1.82) is 0 Å². The van der Waals surface area contributed by atoms with Crippen LogP contribution in [-0.4, -0.2) is 23.6 Å². The molecule has 2 aromatic carbocycles. The highest BCUT2D eigenvalue weighted by molar-refractivity contribution is 7.64. The Morgan fingerprint density at radius 3 is 1.65 bits per heavy atom. The van der Waals surface area contributed by atoms with Gasteiger partial charge < -0.3 is 4.90 Å².